The molecule has 7 heteroatoms. The lowest BCUT2D eigenvalue weighted by Crippen LogP contribution is -2.37. The van der Waals surface area contributed by atoms with Gasteiger partial charge in [-0.05, 0) is 12.5 Å². The summed E-state index contributed by atoms with van der Waals surface area (Å²) >= 11 is 0. The van der Waals surface area contributed by atoms with Crippen LogP contribution in [0.1, 0.15) is 16.8 Å². The van der Waals surface area contributed by atoms with Crippen molar-refractivity contribution in [1.29, 1.82) is 0 Å². The van der Waals surface area contributed by atoms with Crippen LogP contribution < -0.4 is 0 Å². The van der Waals surface area contributed by atoms with E-state index in [4.69, 9.17) is 9.47 Å². The molecular formula is C14H18N2O5. The molecule has 0 radical (unpaired) electrons. The van der Waals surface area contributed by atoms with Gasteiger partial charge in [-0.2, -0.15) is 0 Å². The van der Waals surface area contributed by atoms with Crippen LogP contribution in [0.5, 0.6) is 0 Å². The quantitative estimate of drug-likeness (QED) is 0.342. The Bertz CT molecular complexity index is 500. The highest BCUT2D eigenvalue weighted by Crippen LogP contribution is 2.18. The molecule has 0 saturated carbocycles. The van der Waals surface area contributed by atoms with Crippen LogP contribution in [-0.2, 0) is 9.47 Å². The summed E-state index contributed by atoms with van der Waals surface area (Å²) in [6.07, 6.45) is 0.701. The van der Waals surface area contributed by atoms with Crippen LogP contribution in [0.25, 0.3) is 0 Å². The Hall–Kier alpha value is -1.99. The third-order valence-corrected chi connectivity index (χ3v) is 3.28. The molecule has 1 aromatic rings. The third-order valence-electron chi connectivity index (χ3n) is 3.28. The largest absolute Gasteiger partial charge is 0.462 e. The Morgan fingerprint density at radius 3 is 2.76 bits per heavy atom. The summed E-state index contributed by atoms with van der Waals surface area (Å²) in [5.41, 5.74) is -0.232. The summed E-state index contributed by atoms with van der Waals surface area (Å²) in [6.45, 7) is 4.32. The van der Waals surface area contributed by atoms with E-state index < -0.39 is 10.9 Å². The first-order valence-electron chi connectivity index (χ1n) is 6.89. The van der Waals surface area contributed by atoms with Crippen molar-refractivity contribution >= 4 is 11.7 Å². The van der Waals surface area contributed by atoms with Crippen LogP contribution in [0.4, 0.5) is 5.69 Å². The molecule has 0 bridgehead atoms. The summed E-state index contributed by atoms with van der Waals surface area (Å²) in [4.78, 5) is 24.4. The van der Waals surface area contributed by atoms with Gasteiger partial charge in [0.05, 0.1) is 24.7 Å². The number of nitro benzene ring substituents is 1. The number of ether oxygens (including phenoxy) is 2. The van der Waals surface area contributed by atoms with Crippen LogP contribution in [0.2, 0.25) is 0 Å². The zero-order chi connectivity index (χ0) is 15.1. The molecule has 0 atom stereocenters. The number of carbonyl (C=O) groups excluding carboxylic acids is 1. The molecule has 1 fully saturated rings. The van der Waals surface area contributed by atoms with Gasteiger partial charge in [0.25, 0.3) is 5.69 Å². The molecule has 0 spiro atoms. The Labute approximate surface area is 122 Å². The fourth-order valence-electron chi connectivity index (χ4n) is 2.16. The van der Waals surface area contributed by atoms with Gasteiger partial charge < -0.3 is 9.47 Å². The molecule has 0 amide bonds. The van der Waals surface area contributed by atoms with Crippen molar-refractivity contribution in [2.45, 2.75) is 6.42 Å². The van der Waals surface area contributed by atoms with Crippen LogP contribution in [0, 0.1) is 10.1 Å². The number of morpholine rings is 1. The Balaban J connectivity index is 1.78. The van der Waals surface area contributed by atoms with Crippen molar-refractivity contribution in [3.05, 3.63) is 39.9 Å². The van der Waals surface area contributed by atoms with Crippen molar-refractivity contribution in [2.75, 3.05) is 39.5 Å². The Morgan fingerprint density at radius 2 is 2.05 bits per heavy atom. The molecular weight excluding hydrogens is 276 g/mol. The third kappa shape index (κ3) is 4.51. The maximum atomic E-state index is 11.9. The first-order chi connectivity index (χ1) is 10.2. The van der Waals surface area contributed by atoms with Crippen LogP contribution in [-0.4, -0.2) is 55.2 Å². The number of carbonyl (C=O) groups is 1. The minimum atomic E-state index is -0.649. The molecule has 0 aliphatic carbocycles. The number of rotatable bonds is 6. The van der Waals surface area contributed by atoms with Crippen molar-refractivity contribution in [1.82, 2.24) is 4.90 Å². The van der Waals surface area contributed by atoms with Gasteiger partial charge in [0.15, 0.2) is 0 Å². The summed E-state index contributed by atoms with van der Waals surface area (Å²) in [5.74, 6) is -0.649. The minimum absolute atomic E-state index is 0.00567. The highest BCUT2D eigenvalue weighted by molar-refractivity contribution is 5.93. The van der Waals surface area contributed by atoms with Gasteiger partial charge in [-0.25, -0.2) is 4.79 Å². The lowest BCUT2D eigenvalue weighted by atomic mass is 10.2. The fourth-order valence-corrected chi connectivity index (χ4v) is 2.16. The predicted octanol–water partition coefficient (Wildman–Crippen LogP) is 1.47. The van der Waals surface area contributed by atoms with E-state index in [2.05, 4.69) is 4.90 Å². The van der Waals surface area contributed by atoms with Crippen molar-refractivity contribution < 1.29 is 19.2 Å². The topological polar surface area (TPSA) is 81.9 Å². The van der Waals surface area contributed by atoms with E-state index in [9.17, 15) is 14.9 Å². The number of esters is 1. The lowest BCUT2D eigenvalue weighted by molar-refractivity contribution is -0.385. The number of hydrogen-bond acceptors (Lipinski definition) is 6. The smallest absolute Gasteiger partial charge is 0.345 e. The van der Waals surface area contributed by atoms with Gasteiger partial charge in [0, 0.05) is 25.7 Å². The van der Waals surface area contributed by atoms with Gasteiger partial charge in [0.1, 0.15) is 5.56 Å². The van der Waals surface area contributed by atoms with E-state index in [0.717, 1.165) is 32.8 Å². The minimum Gasteiger partial charge on any atom is -0.462 e. The first-order valence-corrected chi connectivity index (χ1v) is 6.89. The standard InChI is InChI=1S/C14H18N2O5/c17-14(12-4-1-2-5-13(12)16(18)19)21-9-3-6-15-7-10-20-11-8-15/h1-2,4-5H,3,6-11H2. The highest BCUT2D eigenvalue weighted by atomic mass is 16.6. The Morgan fingerprint density at radius 1 is 1.33 bits per heavy atom. The summed E-state index contributed by atoms with van der Waals surface area (Å²) in [7, 11) is 0. The fraction of sp³-hybridized carbons (Fsp3) is 0.500. The molecule has 1 saturated heterocycles. The van der Waals surface area contributed by atoms with Crippen molar-refractivity contribution in [2.24, 2.45) is 0 Å². The molecule has 114 valence electrons. The van der Waals surface area contributed by atoms with Crippen molar-refractivity contribution in [3.63, 3.8) is 0 Å². The SMILES string of the molecule is O=C(OCCCN1CCOCC1)c1ccccc1[N+](=O)[O-]. The maximum Gasteiger partial charge on any atom is 0.345 e. The molecule has 1 heterocycles. The number of para-hydroxylation sites is 1. The van der Waals surface area contributed by atoms with Gasteiger partial charge in [-0.3, -0.25) is 15.0 Å². The van der Waals surface area contributed by atoms with Gasteiger partial charge in [-0.15, -0.1) is 0 Å². The summed E-state index contributed by atoms with van der Waals surface area (Å²) < 4.78 is 10.4. The average molecular weight is 294 g/mol. The molecule has 1 aliphatic rings. The molecule has 1 aromatic carbocycles. The molecule has 0 N–H and O–H groups in total. The molecule has 0 aromatic heterocycles. The second kappa shape index (κ2) is 7.70. The van der Waals surface area contributed by atoms with E-state index in [1.807, 2.05) is 0 Å². The number of benzene rings is 1. The number of nitrogens with zero attached hydrogens (tertiary/aromatic N) is 2. The van der Waals surface area contributed by atoms with E-state index in [1.165, 1.54) is 18.2 Å². The molecule has 7 nitrogen and oxygen atoms in total. The number of nitro groups is 1. The Kier molecular flexibility index (Phi) is 5.65. The first kappa shape index (κ1) is 15.4. The van der Waals surface area contributed by atoms with E-state index in [1.54, 1.807) is 6.07 Å². The van der Waals surface area contributed by atoms with Crippen molar-refractivity contribution in [3.8, 4) is 0 Å². The second-order valence-corrected chi connectivity index (χ2v) is 4.72. The monoisotopic (exact) mass is 294 g/mol. The van der Waals surface area contributed by atoms with Gasteiger partial charge in [-0.1, -0.05) is 12.1 Å². The van der Waals surface area contributed by atoms with Crippen LogP contribution >= 0.6 is 0 Å². The van der Waals surface area contributed by atoms with E-state index >= 15 is 0 Å². The lowest BCUT2D eigenvalue weighted by Gasteiger charge is -2.26. The highest BCUT2D eigenvalue weighted by Gasteiger charge is 2.20. The van der Waals surface area contributed by atoms with Crippen LogP contribution in [0.15, 0.2) is 24.3 Å². The zero-order valence-corrected chi connectivity index (χ0v) is 11.7. The maximum absolute atomic E-state index is 11.9. The predicted molar refractivity (Wildman–Crippen MR) is 75.3 cm³/mol. The van der Waals surface area contributed by atoms with Gasteiger partial charge >= 0.3 is 5.97 Å². The van der Waals surface area contributed by atoms with Crippen LogP contribution in [0.3, 0.4) is 0 Å². The summed E-state index contributed by atoms with van der Waals surface area (Å²) in [5, 5.41) is 10.8. The van der Waals surface area contributed by atoms with E-state index in [0.29, 0.717) is 6.42 Å². The average Bonchev–Trinajstić information content (AvgIpc) is 2.52. The molecule has 0 unspecified atom stereocenters. The second-order valence-electron chi connectivity index (χ2n) is 4.72. The molecule has 1 aliphatic heterocycles. The van der Waals surface area contributed by atoms with E-state index in [-0.39, 0.29) is 17.9 Å². The van der Waals surface area contributed by atoms with Gasteiger partial charge in [0.2, 0.25) is 0 Å². The number of hydrogen-bond donors (Lipinski definition) is 0. The molecule has 21 heavy (non-hydrogen) atoms. The zero-order valence-electron chi connectivity index (χ0n) is 11.7. The summed E-state index contributed by atoms with van der Waals surface area (Å²) in [6, 6.07) is 5.80. The molecule has 2 rings (SSSR count). The normalized spacial score (nSPS) is 15.6.